The topological polar surface area (TPSA) is 62.3 Å². The zero-order chi connectivity index (χ0) is 17.9. The lowest BCUT2D eigenvalue weighted by atomic mass is 10.0. The summed E-state index contributed by atoms with van der Waals surface area (Å²) < 4.78 is 11.5. The number of anilines is 2. The lowest BCUT2D eigenvalue weighted by Gasteiger charge is -2.28. The monoisotopic (exact) mass is 345 g/mol. The first-order valence-electron chi connectivity index (χ1n) is 8.79. The summed E-state index contributed by atoms with van der Waals surface area (Å²) in [7, 11) is 0. The third-order valence-corrected chi connectivity index (χ3v) is 4.48. The molecule has 1 aliphatic heterocycles. The second-order valence-corrected chi connectivity index (χ2v) is 6.13. The maximum Gasteiger partial charge on any atom is 0.239 e. The highest BCUT2D eigenvalue weighted by Crippen LogP contribution is 2.37. The van der Waals surface area contributed by atoms with Crippen molar-refractivity contribution in [3.8, 4) is 23.3 Å². The predicted molar refractivity (Wildman–Crippen MR) is 99.6 cm³/mol. The van der Waals surface area contributed by atoms with E-state index >= 15 is 0 Å². The highest BCUT2D eigenvalue weighted by atomic mass is 16.5. The summed E-state index contributed by atoms with van der Waals surface area (Å²) >= 11 is 0. The van der Waals surface area contributed by atoms with Crippen LogP contribution < -0.4 is 9.64 Å². The van der Waals surface area contributed by atoms with Gasteiger partial charge in [0, 0.05) is 17.8 Å². The van der Waals surface area contributed by atoms with Gasteiger partial charge in [0.2, 0.25) is 17.5 Å². The first-order chi connectivity index (χ1) is 12.8. The van der Waals surface area contributed by atoms with Gasteiger partial charge in [0.25, 0.3) is 0 Å². The number of aromatic nitrogens is 1. The van der Waals surface area contributed by atoms with Gasteiger partial charge in [-0.2, -0.15) is 10.2 Å². The molecule has 0 fully saturated rings. The SMILES string of the molecule is CCOc1ccc(-c2nc(C#N)c(N3CCCc4ccccc43)o2)cc1. The van der Waals surface area contributed by atoms with Crippen LogP contribution in [-0.4, -0.2) is 18.1 Å². The quantitative estimate of drug-likeness (QED) is 0.686. The molecule has 0 amide bonds. The highest BCUT2D eigenvalue weighted by Gasteiger charge is 2.25. The van der Waals surface area contributed by atoms with Crippen molar-refractivity contribution in [3.63, 3.8) is 0 Å². The Hall–Kier alpha value is -3.26. The molecule has 0 unspecified atom stereocenters. The number of fused-ring (bicyclic) bond motifs is 1. The minimum absolute atomic E-state index is 0.311. The van der Waals surface area contributed by atoms with Crippen LogP contribution in [0.4, 0.5) is 11.6 Å². The Labute approximate surface area is 152 Å². The van der Waals surface area contributed by atoms with Gasteiger partial charge in [-0.25, -0.2) is 0 Å². The molecule has 3 aromatic rings. The Morgan fingerprint density at radius 2 is 2.00 bits per heavy atom. The minimum atomic E-state index is 0.311. The Morgan fingerprint density at radius 3 is 2.77 bits per heavy atom. The molecule has 0 bridgehead atoms. The maximum atomic E-state index is 9.55. The summed E-state index contributed by atoms with van der Waals surface area (Å²) in [5, 5.41) is 9.55. The van der Waals surface area contributed by atoms with Crippen molar-refractivity contribution in [2.24, 2.45) is 0 Å². The fourth-order valence-electron chi connectivity index (χ4n) is 3.30. The number of rotatable bonds is 4. The number of benzene rings is 2. The molecular formula is C21H19N3O2. The van der Waals surface area contributed by atoms with Crippen molar-refractivity contribution in [1.82, 2.24) is 4.98 Å². The van der Waals surface area contributed by atoms with Crippen LogP contribution >= 0.6 is 0 Å². The highest BCUT2D eigenvalue weighted by molar-refractivity contribution is 5.69. The van der Waals surface area contributed by atoms with Crippen LogP contribution in [0.3, 0.4) is 0 Å². The molecule has 5 nitrogen and oxygen atoms in total. The van der Waals surface area contributed by atoms with E-state index in [1.165, 1.54) is 5.56 Å². The molecule has 130 valence electrons. The Morgan fingerprint density at radius 1 is 1.19 bits per heavy atom. The van der Waals surface area contributed by atoms with Crippen LogP contribution in [-0.2, 0) is 6.42 Å². The molecule has 0 atom stereocenters. The van der Waals surface area contributed by atoms with Crippen molar-refractivity contribution in [3.05, 3.63) is 59.8 Å². The van der Waals surface area contributed by atoms with Gasteiger partial charge in [-0.15, -0.1) is 0 Å². The van der Waals surface area contributed by atoms with Gasteiger partial charge in [0.05, 0.1) is 6.61 Å². The lowest BCUT2D eigenvalue weighted by Crippen LogP contribution is -2.24. The fourth-order valence-corrected chi connectivity index (χ4v) is 3.30. The van der Waals surface area contributed by atoms with E-state index in [-0.39, 0.29) is 0 Å². The lowest BCUT2D eigenvalue weighted by molar-refractivity contribution is 0.340. The van der Waals surface area contributed by atoms with E-state index in [4.69, 9.17) is 9.15 Å². The molecule has 0 aliphatic carbocycles. The molecule has 0 radical (unpaired) electrons. The second-order valence-electron chi connectivity index (χ2n) is 6.13. The molecular weight excluding hydrogens is 326 g/mol. The molecule has 2 aromatic carbocycles. The molecule has 26 heavy (non-hydrogen) atoms. The first kappa shape index (κ1) is 16.2. The second kappa shape index (κ2) is 6.93. The van der Waals surface area contributed by atoms with Crippen LogP contribution in [0.1, 0.15) is 24.6 Å². The largest absolute Gasteiger partial charge is 0.494 e. The van der Waals surface area contributed by atoms with Crippen LogP contribution in [0.5, 0.6) is 5.75 Å². The van der Waals surface area contributed by atoms with E-state index in [0.29, 0.717) is 24.1 Å². The van der Waals surface area contributed by atoms with E-state index in [9.17, 15) is 5.26 Å². The average Bonchev–Trinajstić information content (AvgIpc) is 3.12. The molecule has 4 rings (SSSR count). The summed E-state index contributed by atoms with van der Waals surface area (Å²) in [5.41, 5.74) is 3.48. The standard InChI is InChI=1S/C21H19N3O2/c1-2-25-17-11-9-16(10-12-17)20-23-18(14-22)21(26-20)24-13-5-7-15-6-3-4-8-19(15)24/h3-4,6,8-12H,2,5,7,13H2,1H3. The van der Waals surface area contributed by atoms with Crippen molar-refractivity contribution >= 4 is 11.6 Å². The third kappa shape index (κ3) is 2.91. The predicted octanol–water partition coefficient (Wildman–Crippen LogP) is 4.70. The number of nitrogens with zero attached hydrogens (tertiary/aromatic N) is 3. The normalized spacial score (nSPS) is 13.2. The molecule has 1 aromatic heterocycles. The molecule has 1 aliphatic rings. The number of para-hydroxylation sites is 1. The maximum absolute atomic E-state index is 9.55. The zero-order valence-corrected chi connectivity index (χ0v) is 14.6. The molecule has 0 N–H and O–H groups in total. The minimum Gasteiger partial charge on any atom is -0.494 e. The van der Waals surface area contributed by atoms with E-state index in [2.05, 4.69) is 28.1 Å². The summed E-state index contributed by atoms with van der Waals surface area (Å²) in [6.45, 7) is 3.38. The van der Waals surface area contributed by atoms with Crippen molar-refractivity contribution < 1.29 is 9.15 Å². The number of hydrogen-bond acceptors (Lipinski definition) is 5. The van der Waals surface area contributed by atoms with Crippen molar-refractivity contribution in [2.45, 2.75) is 19.8 Å². The van der Waals surface area contributed by atoms with Crippen LogP contribution in [0.2, 0.25) is 0 Å². The van der Waals surface area contributed by atoms with Gasteiger partial charge in [-0.05, 0) is 55.7 Å². The average molecular weight is 345 g/mol. The number of oxazole rings is 1. The number of aryl methyl sites for hydroxylation is 1. The van der Waals surface area contributed by atoms with Crippen molar-refractivity contribution in [2.75, 3.05) is 18.1 Å². The van der Waals surface area contributed by atoms with Gasteiger partial charge in [-0.1, -0.05) is 18.2 Å². The summed E-state index contributed by atoms with van der Waals surface area (Å²) in [5.74, 6) is 1.76. The number of hydrogen-bond donors (Lipinski definition) is 0. The van der Waals surface area contributed by atoms with E-state index in [0.717, 1.165) is 36.4 Å². The van der Waals surface area contributed by atoms with Gasteiger partial charge in [0.15, 0.2) is 0 Å². The molecule has 0 spiro atoms. The number of ether oxygens (including phenoxy) is 1. The van der Waals surface area contributed by atoms with Crippen LogP contribution in [0.15, 0.2) is 52.9 Å². The number of nitriles is 1. The van der Waals surface area contributed by atoms with E-state index in [1.807, 2.05) is 43.3 Å². The molecule has 0 saturated heterocycles. The summed E-state index contributed by atoms with van der Waals surface area (Å²) in [6, 6.07) is 18.0. The van der Waals surface area contributed by atoms with Gasteiger partial charge < -0.3 is 14.1 Å². The molecule has 0 saturated carbocycles. The Kier molecular flexibility index (Phi) is 4.32. The van der Waals surface area contributed by atoms with E-state index in [1.54, 1.807) is 0 Å². The molecule has 2 heterocycles. The molecule has 5 heteroatoms. The smallest absolute Gasteiger partial charge is 0.239 e. The zero-order valence-electron chi connectivity index (χ0n) is 14.6. The van der Waals surface area contributed by atoms with Crippen molar-refractivity contribution in [1.29, 1.82) is 5.26 Å². The summed E-state index contributed by atoms with van der Waals surface area (Å²) in [4.78, 5) is 6.47. The van der Waals surface area contributed by atoms with Gasteiger partial charge in [0.1, 0.15) is 11.8 Å². The Balaban J connectivity index is 1.72. The van der Waals surface area contributed by atoms with Crippen LogP contribution in [0.25, 0.3) is 11.5 Å². The van der Waals surface area contributed by atoms with E-state index < -0.39 is 0 Å². The van der Waals surface area contributed by atoms with Crippen LogP contribution in [0, 0.1) is 11.3 Å². The first-order valence-corrected chi connectivity index (χ1v) is 8.79. The Bertz CT molecular complexity index is 954. The van der Waals surface area contributed by atoms with Gasteiger partial charge >= 0.3 is 0 Å². The summed E-state index contributed by atoms with van der Waals surface area (Å²) in [6.07, 6.45) is 2.05. The fraction of sp³-hybridized carbons (Fsp3) is 0.238. The van der Waals surface area contributed by atoms with Gasteiger partial charge in [-0.3, -0.25) is 0 Å². The third-order valence-electron chi connectivity index (χ3n) is 4.48.